The van der Waals surface area contributed by atoms with E-state index in [9.17, 15) is 23.3 Å². The topological polar surface area (TPSA) is 110 Å². The van der Waals surface area contributed by atoms with Crippen molar-refractivity contribution < 1.29 is 18.1 Å². The van der Waals surface area contributed by atoms with Crippen molar-refractivity contribution in [2.75, 3.05) is 23.1 Å². The van der Waals surface area contributed by atoms with Crippen LogP contribution < -0.4 is 9.62 Å². The van der Waals surface area contributed by atoms with Gasteiger partial charge in [0.1, 0.15) is 6.54 Å². The zero-order valence-electron chi connectivity index (χ0n) is 17.3. The van der Waals surface area contributed by atoms with E-state index < -0.39 is 27.4 Å². The number of hydrogen-bond donors (Lipinski definition) is 1. The lowest BCUT2D eigenvalue weighted by Crippen LogP contribution is -2.41. The molecule has 0 aromatic heterocycles. The summed E-state index contributed by atoms with van der Waals surface area (Å²) in [5.74, 6) is 0.0839. The van der Waals surface area contributed by atoms with Crippen molar-refractivity contribution in [3.63, 3.8) is 0 Å². The standard InChI is InChI=1S/C22H20ClN3O5S2/c23-17-6-12-20(13-7-17)32-15-14-24-22(27)16-25(18-8-10-19(11-9-18)26(28)29)33(30,31)21-4-2-1-3-5-21/h1-13H,14-16H2,(H,24,27). The van der Waals surface area contributed by atoms with Crippen LogP contribution in [-0.2, 0) is 14.8 Å². The Kier molecular flexibility index (Phi) is 8.32. The van der Waals surface area contributed by atoms with Crippen LogP contribution in [-0.4, -0.2) is 38.1 Å². The molecule has 0 aliphatic heterocycles. The third-order valence-electron chi connectivity index (χ3n) is 4.47. The Balaban J connectivity index is 1.71. The first kappa shape index (κ1) is 24.6. The number of carbonyl (C=O) groups excluding carboxylic acids is 1. The van der Waals surface area contributed by atoms with Crippen molar-refractivity contribution in [1.29, 1.82) is 0 Å². The second-order valence-corrected chi connectivity index (χ2v) is 10.2. The molecule has 3 aromatic carbocycles. The van der Waals surface area contributed by atoms with Crippen molar-refractivity contribution in [3.8, 4) is 0 Å². The number of nitrogens with zero attached hydrogens (tertiary/aromatic N) is 2. The lowest BCUT2D eigenvalue weighted by Gasteiger charge is -2.24. The van der Waals surface area contributed by atoms with Gasteiger partial charge >= 0.3 is 0 Å². The summed E-state index contributed by atoms with van der Waals surface area (Å²) in [5, 5.41) is 14.3. The number of halogens is 1. The second-order valence-electron chi connectivity index (χ2n) is 6.75. The van der Waals surface area contributed by atoms with Gasteiger partial charge in [0.25, 0.3) is 15.7 Å². The van der Waals surface area contributed by atoms with E-state index in [1.807, 2.05) is 12.1 Å². The molecule has 1 N–H and O–H groups in total. The van der Waals surface area contributed by atoms with Crippen LogP contribution in [0.5, 0.6) is 0 Å². The fourth-order valence-electron chi connectivity index (χ4n) is 2.85. The maximum absolute atomic E-state index is 13.2. The summed E-state index contributed by atoms with van der Waals surface area (Å²) >= 11 is 7.39. The number of sulfonamides is 1. The lowest BCUT2D eigenvalue weighted by molar-refractivity contribution is -0.384. The number of carbonyl (C=O) groups is 1. The Bertz CT molecular complexity index is 1210. The minimum absolute atomic E-state index is 0.00875. The van der Waals surface area contributed by atoms with Gasteiger partial charge in [-0.05, 0) is 48.5 Å². The van der Waals surface area contributed by atoms with Crippen LogP contribution in [0.25, 0.3) is 0 Å². The maximum atomic E-state index is 13.2. The number of nitro benzene ring substituents is 1. The van der Waals surface area contributed by atoms with Gasteiger partial charge in [0.05, 0.1) is 15.5 Å². The third kappa shape index (κ3) is 6.70. The number of rotatable bonds is 10. The molecule has 11 heteroatoms. The van der Waals surface area contributed by atoms with E-state index in [1.165, 1.54) is 48.2 Å². The average Bonchev–Trinajstić information content (AvgIpc) is 2.82. The molecule has 0 radical (unpaired) electrons. The molecule has 1 amide bonds. The second kappa shape index (κ2) is 11.2. The van der Waals surface area contributed by atoms with E-state index in [-0.39, 0.29) is 16.3 Å². The molecular formula is C22H20ClN3O5S2. The first-order valence-electron chi connectivity index (χ1n) is 9.75. The highest BCUT2D eigenvalue weighted by atomic mass is 35.5. The Labute approximate surface area is 200 Å². The molecular weight excluding hydrogens is 486 g/mol. The van der Waals surface area contributed by atoms with Crippen LogP contribution in [0.3, 0.4) is 0 Å². The summed E-state index contributed by atoms with van der Waals surface area (Å²) in [5.41, 5.74) is -0.0328. The number of benzene rings is 3. The number of hydrogen-bond acceptors (Lipinski definition) is 6. The van der Waals surface area contributed by atoms with Gasteiger partial charge < -0.3 is 5.32 Å². The number of nitrogens with one attached hydrogen (secondary N) is 1. The minimum atomic E-state index is -4.08. The van der Waals surface area contributed by atoms with Crippen LogP contribution in [0.4, 0.5) is 11.4 Å². The van der Waals surface area contributed by atoms with Crippen LogP contribution in [0, 0.1) is 10.1 Å². The van der Waals surface area contributed by atoms with Gasteiger partial charge in [-0.1, -0.05) is 29.8 Å². The van der Waals surface area contributed by atoms with Crippen LogP contribution in [0.15, 0.2) is 88.7 Å². The summed E-state index contributed by atoms with van der Waals surface area (Å²) in [6.45, 7) is -0.147. The van der Waals surface area contributed by atoms with Gasteiger partial charge in [0.2, 0.25) is 5.91 Å². The largest absolute Gasteiger partial charge is 0.354 e. The summed E-state index contributed by atoms with van der Waals surface area (Å²) < 4.78 is 27.4. The molecule has 3 aromatic rings. The number of anilines is 1. The molecule has 0 atom stereocenters. The highest BCUT2D eigenvalue weighted by Gasteiger charge is 2.27. The number of nitro groups is 1. The van der Waals surface area contributed by atoms with Crippen LogP contribution in [0.2, 0.25) is 5.02 Å². The number of non-ortho nitro benzene ring substituents is 1. The van der Waals surface area contributed by atoms with Crippen molar-refractivity contribution in [3.05, 3.63) is 94.0 Å². The Morgan fingerprint density at radius 2 is 1.64 bits per heavy atom. The van der Waals surface area contributed by atoms with Crippen LogP contribution >= 0.6 is 23.4 Å². The summed E-state index contributed by atoms with van der Waals surface area (Å²) in [6, 6.07) is 20.0. The first-order chi connectivity index (χ1) is 15.8. The molecule has 3 rings (SSSR count). The molecule has 0 aliphatic rings. The molecule has 0 saturated carbocycles. The molecule has 0 spiro atoms. The highest BCUT2D eigenvalue weighted by Crippen LogP contribution is 2.25. The molecule has 8 nitrogen and oxygen atoms in total. The van der Waals surface area contributed by atoms with Crippen molar-refractivity contribution in [2.45, 2.75) is 9.79 Å². The first-order valence-corrected chi connectivity index (χ1v) is 12.5. The number of thioether (sulfide) groups is 1. The third-order valence-corrected chi connectivity index (χ3v) is 7.53. The molecule has 33 heavy (non-hydrogen) atoms. The van der Waals surface area contributed by atoms with E-state index in [4.69, 9.17) is 11.6 Å². The predicted octanol–water partition coefficient (Wildman–Crippen LogP) is 4.35. The normalized spacial score (nSPS) is 11.1. The van der Waals surface area contributed by atoms with Crippen molar-refractivity contribution in [2.24, 2.45) is 0 Å². The van der Waals surface area contributed by atoms with Crippen molar-refractivity contribution in [1.82, 2.24) is 5.32 Å². The van der Waals surface area contributed by atoms with Gasteiger partial charge in [0, 0.05) is 34.3 Å². The Hall–Kier alpha value is -3.08. The monoisotopic (exact) mass is 505 g/mol. The molecule has 172 valence electrons. The predicted molar refractivity (Wildman–Crippen MR) is 129 cm³/mol. The minimum Gasteiger partial charge on any atom is -0.354 e. The quantitative estimate of drug-likeness (QED) is 0.190. The number of amides is 1. The smallest absolute Gasteiger partial charge is 0.269 e. The van der Waals surface area contributed by atoms with Gasteiger partial charge in [-0.2, -0.15) is 0 Å². The van der Waals surface area contributed by atoms with E-state index in [0.717, 1.165) is 9.20 Å². The highest BCUT2D eigenvalue weighted by molar-refractivity contribution is 7.99. The summed E-state index contributed by atoms with van der Waals surface area (Å²) in [4.78, 5) is 24.0. The molecule has 0 saturated heterocycles. The Morgan fingerprint density at radius 3 is 2.24 bits per heavy atom. The van der Waals surface area contributed by atoms with Crippen molar-refractivity contribution >= 4 is 50.7 Å². The molecule has 0 aliphatic carbocycles. The SMILES string of the molecule is O=C(CN(c1ccc([N+](=O)[O-])cc1)S(=O)(=O)c1ccccc1)NCCSc1ccc(Cl)cc1. The molecule has 0 fully saturated rings. The Morgan fingerprint density at radius 1 is 1.00 bits per heavy atom. The fourth-order valence-corrected chi connectivity index (χ4v) is 5.19. The lowest BCUT2D eigenvalue weighted by atomic mass is 10.3. The zero-order chi connectivity index (χ0) is 23.8. The van der Waals surface area contributed by atoms with Gasteiger partial charge in [-0.15, -0.1) is 11.8 Å². The van der Waals surface area contributed by atoms with Gasteiger partial charge in [0.15, 0.2) is 0 Å². The molecule has 0 heterocycles. The zero-order valence-corrected chi connectivity index (χ0v) is 19.6. The van der Waals surface area contributed by atoms with E-state index >= 15 is 0 Å². The average molecular weight is 506 g/mol. The summed E-state index contributed by atoms with van der Waals surface area (Å²) in [7, 11) is -4.08. The molecule has 0 bridgehead atoms. The van der Waals surface area contributed by atoms with E-state index in [1.54, 1.807) is 30.3 Å². The van der Waals surface area contributed by atoms with Gasteiger partial charge in [-0.3, -0.25) is 19.2 Å². The maximum Gasteiger partial charge on any atom is 0.269 e. The van der Waals surface area contributed by atoms with E-state index in [2.05, 4.69) is 5.32 Å². The molecule has 0 unspecified atom stereocenters. The van der Waals surface area contributed by atoms with Gasteiger partial charge in [-0.25, -0.2) is 8.42 Å². The van der Waals surface area contributed by atoms with E-state index in [0.29, 0.717) is 17.3 Å². The van der Waals surface area contributed by atoms with Crippen LogP contribution in [0.1, 0.15) is 0 Å². The fraction of sp³-hybridized carbons (Fsp3) is 0.136. The summed E-state index contributed by atoms with van der Waals surface area (Å²) in [6.07, 6.45) is 0.